The Morgan fingerprint density at radius 3 is 2.62 bits per heavy atom. The molecule has 39 heavy (non-hydrogen) atoms. The van der Waals surface area contributed by atoms with Gasteiger partial charge in [-0.3, -0.25) is 14.4 Å². The van der Waals surface area contributed by atoms with Crippen molar-refractivity contribution in [3.05, 3.63) is 59.5 Å². The number of rotatable bonds is 9. The van der Waals surface area contributed by atoms with Gasteiger partial charge in [-0.1, -0.05) is 38.1 Å². The second-order valence-corrected chi connectivity index (χ2v) is 13.0. The lowest BCUT2D eigenvalue weighted by molar-refractivity contribution is -0.129. The maximum atomic E-state index is 13.3. The number of thiophene rings is 1. The first-order valence-corrected chi connectivity index (χ1v) is 15.1. The molecule has 2 heterocycles. The molecular formula is C28H33N3O6S2. The van der Waals surface area contributed by atoms with Gasteiger partial charge in [-0.25, -0.2) is 8.42 Å². The normalized spacial score (nSPS) is 17.5. The molecule has 208 valence electrons. The number of ketones is 1. The molecule has 0 saturated carbocycles. The van der Waals surface area contributed by atoms with Crippen LogP contribution in [0.4, 0.5) is 0 Å². The number of sulfonamides is 1. The van der Waals surface area contributed by atoms with Crippen molar-refractivity contribution in [2.75, 3.05) is 20.2 Å². The number of carbonyl (C=O) groups is 3. The molecule has 2 N–H and O–H groups in total. The van der Waals surface area contributed by atoms with Crippen molar-refractivity contribution < 1.29 is 27.5 Å². The van der Waals surface area contributed by atoms with Crippen LogP contribution in [0.1, 0.15) is 42.8 Å². The first kappa shape index (κ1) is 28.7. The molecule has 3 aromatic rings. The van der Waals surface area contributed by atoms with Crippen molar-refractivity contribution in [2.24, 2.45) is 5.92 Å². The van der Waals surface area contributed by atoms with E-state index in [0.717, 1.165) is 14.4 Å². The lowest BCUT2D eigenvalue weighted by Gasteiger charge is -2.23. The van der Waals surface area contributed by atoms with Gasteiger partial charge < -0.3 is 15.4 Å². The number of carbonyl (C=O) groups excluding carboxylic acids is 3. The lowest BCUT2D eigenvalue weighted by Crippen LogP contribution is -2.52. The highest BCUT2D eigenvalue weighted by atomic mass is 32.2. The van der Waals surface area contributed by atoms with Gasteiger partial charge in [-0.05, 0) is 54.8 Å². The molecule has 1 aliphatic rings. The molecule has 2 aromatic carbocycles. The van der Waals surface area contributed by atoms with E-state index in [9.17, 15) is 22.8 Å². The first-order valence-electron chi connectivity index (χ1n) is 12.8. The topological polar surface area (TPSA) is 122 Å². The zero-order valence-corrected chi connectivity index (χ0v) is 23.8. The summed E-state index contributed by atoms with van der Waals surface area (Å²) in [6.07, 6.45) is 1.08. The fourth-order valence-electron chi connectivity index (χ4n) is 4.56. The minimum absolute atomic E-state index is 0.0399. The third-order valence-electron chi connectivity index (χ3n) is 6.59. The van der Waals surface area contributed by atoms with E-state index < -0.39 is 33.8 Å². The summed E-state index contributed by atoms with van der Waals surface area (Å²) >= 11 is 1.35. The van der Waals surface area contributed by atoms with Gasteiger partial charge in [0.2, 0.25) is 15.9 Å². The fraction of sp³-hybridized carbons (Fsp3) is 0.393. The van der Waals surface area contributed by atoms with E-state index in [-0.39, 0.29) is 29.8 Å². The number of hydrogen-bond acceptors (Lipinski definition) is 7. The summed E-state index contributed by atoms with van der Waals surface area (Å²) in [5.74, 6) is -0.695. The number of benzene rings is 2. The minimum Gasteiger partial charge on any atom is -0.497 e. The highest BCUT2D eigenvalue weighted by molar-refractivity contribution is 7.89. The van der Waals surface area contributed by atoms with Crippen molar-refractivity contribution in [3.63, 3.8) is 0 Å². The molecule has 0 radical (unpaired) electrons. The average Bonchev–Trinajstić information content (AvgIpc) is 3.26. The molecule has 1 fully saturated rings. The molecule has 2 amide bonds. The molecule has 2 atom stereocenters. The summed E-state index contributed by atoms with van der Waals surface area (Å²) in [7, 11) is -2.48. The van der Waals surface area contributed by atoms with Crippen LogP contribution in [0.15, 0.2) is 59.5 Å². The Labute approximate surface area is 232 Å². The molecule has 0 spiro atoms. The SMILES string of the molecule is COc1cccc(S(=O)(=O)N2CCC[C@H](NC(=O)C(CC(C)C)NC(=O)c3cc4ccccc4s3)C(=O)C2)c1. The van der Waals surface area contributed by atoms with Crippen LogP contribution in [0, 0.1) is 5.92 Å². The predicted molar refractivity (Wildman–Crippen MR) is 150 cm³/mol. The summed E-state index contributed by atoms with van der Waals surface area (Å²) in [6, 6.07) is 13.9. The van der Waals surface area contributed by atoms with E-state index >= 15 is 0 Å². The standard InChI is InChI=1S/C28H33N3O6S2/c1-18(2)14-23(30-28(34)26-15-19-8-4-5-12-25(19)38-26)27(33)29-22-11-7-13-31(17-24(22)32)39(35,36)21-10-6-9-20(16-21)37-3/h4-6,8-10,12,15-16,18,22-23H,7,11,13-14,17H2,1-3H3,(H,29,33)(H,30,34)/t22-,23?/m0/s1. The largest absolute Gasteiger partial charge is 0.497 e. The molecule has 0 bridgehead atoms. The molecule has 1 aromatic heterocycles. The zero-order chi connectivity index (χ0) is 28.2. The van der Waals surface area contributed by atoms with Crippen molar-refractivity contribution >= 4 is 49.0 Å². The second-order valence-electron chi connectivity index (χ2n) is 9.99. The summed E-state index contributed by atoms with van der Waals surface area (Å²) in [5.41, 5.74) is 0. The van der Waals surface area contributed by atoms with E-state index in [1.165, 1.54) is 30.6 Å². The fourth-order valence-corrected chi connectivity index (χ4v) is 7.01. The summed E-state index contributed by atoms with van der Waals surface area (Å²) in [4.78, 5) is 40.0. The average molecular weight is 572 g/mol. The highest BCUT2D eigenvalue weighted by Crippen LogP contribution is 2.26. The Morgan fingerprint density at radius 2 is 1.90 bits per heavy atom. The van der Waals surface area contributed by atoms with Gasteiger partial charge in [0.15, 0.2) is 5.78 Å². The van der Waals surface area contributed by atoms with Gasteiger partial charge in [0.1, 0.15) is 11.8 Å². The molecule has 1 saturated heterocycles. The van der Waals surface area contributed by atoms with Crippen molar-refractivity contribution in [2.45, 2.75) is 50.1 Å². The van der Waals surface area contributed by atoms with E-state index in [2.05, 4.69) is 10.6 Å². The van der Waals surface area contributed by atoms with Gasteiger partial charge >= 0.3 is 0 Å². The lowest BCUT2D eigenvalue weighted by atomic mass is 10.0. The monoisotopic (exact) mass is 571 g/mol. The van der Waals surface area contributed by atoms with Crippen LogP contribution in [-0.4, -0.2) is 62.6 Å². The first-order chi connectivity index (χ1) is 18.6. The number of Topliss-reactive ketones (excluding diaryl/α,β-unsaturated/α-hetero) is 1. The molecule has 4 rings (SSSR count). The van der Waals surface area contributed by atoms with Crippen LogP contribution < -0.4 is 15.4 Å². The maximum absolute atomic E-state index is 13.3. The molecule has 9 nitrogen and oxygen atoms in total. The minimum atomic E-state index is -3.93. The number of methoxy groups -OCH3 is 1. The smallest absolute Gasteiger partial charge is 0.262 e. The van der Waals surface area contributed by atoms with Crippen molar-refractivity contribution in [1.82, 2.24) is 14.9 Å². The number of nitrogens with zero attached hydrogens (tertiary/aromatic N) is 1. The van der Waals surface area contributed by atoms with Crippen LogP contribution in [0.5, 0.6) is 5.75 Å². The van der Waals surface area contributed by atoms with E-state index in [1.807, 2.05) is 38.1 Å². The second kappa shape index (κ2) is 12.3. The maximum Gasteiger partial charge on any atom is 0.262 e. The molecule has 11 heteroatoms. The van der Waals surface area contributed by atoms with E-state index in [4.69, 9.17) is 4.74 Å². The Kier molecular flexibility index (Phi) is 9.04. The Bertz CT molecular complexity index is 1430. The summed E-state index contributed by atoms with van der Waals surface area (Å²) in [5, 5.41) is 6.58. The third-order valence-corrected chi connectivity index (χ3v) is 9.55. The van der Waals surface area contributed by atoms with Crippen molar-refractivity contribution in [1.29, 1.82) is 0 Å². The number of fused-ring (bicyclic) bond motifs is 1. The van der Waals surface area contributed by atoms with Gasteiger partial charge in [0.05, 0.1) is 29.5 Å². The van der Waals surface area contributed by atoms with Gasteiger partial charge in [-0.15, -0.1) is 11.3 Å². The molecular weight excluding hydrogens is 538 g/mol. The quantitative estimate of drug-likeness (QED) is 0.405. The number of hydrogen-bond donors (Lipinski definition) is 2. The van der Waals surface area contributed by atoms with Crippen LogP contribution >= 0.6 is 11.3 Å². The molecule has 1 unspecified atom stereocenters. The van der Waals surface area contributed by atoms with Gasteiger partial charge in [0, 0.05) is 17.3 Å². The van der Waals surface area contributed by atoms with Crippen LogP contribution in [0.25, 0.3) is 10.1 Å². The Balaban J connectivity index is 1.44. The van der Waals surface area contributed by atoms with E-state index in [0.29, 0.717) is 29.9 Å². The van der Waals surface area contributed by atoms with E-state index in [1.54, 1.807) is 18.2 Å². The summed E-state index contributed by atoms with van der Waals surface area (Å²) in [6.45, 7) is 3.69. The predicted octanol–water partition coefficient (Wildman–Crippen LogP) is 3.59. The number of ether oxygens (including phenoxy) is 1. The molecule has 1 aliphatic heterocycles. The number of nitrogens with one attached hydrogen (secondary N) is 2. The summed E-state index contributed by atoms with van der Waals surface area (Å²) < 4.78 is 33.7. The third kappa shape index (κ3) is 6.84. The Hall–Kier alpha value is -3.28. The van der Waals surface area contributed by atoms with Crippen LogP contribution in [-0.2, 0) is 19.6 Å². The van der Waals surface area contributed by atoms with Crippen LogP contribution in [0.3, 0.4) is 0 Å². The molecule has 0 aliphatic carbocycles. The Morgan fingerprint density at radius 1 is 1.13 bits per heavy atom. The van der Waals surface area contributed by atoms with Gasteiger partial charge in [0.25, 0.3) is 5.91 Å². The highest BCUT2D eigenvalue weighted by Gasteiger charge is 2.34. The number of amides is 2. The van der Waals surface area contributed by atoms with Gasteiger partial charge in [-0.2, -0.15) is 4.31 Å². The van der Waals surface area contributed by atoms with Crippen LogP contribution in [0.2, 0.25) is 0 Å². The zero-order valence-electron chi connectivity index (χ0n) is 22.2. The van der Waals surface area contributed by atoms with Crippen molar-refractivity contribution in [3.8, 4) is 5.75 Å².